The number of rotatable bonds is 4. The summed E-state index contributed by atoms with van der Waals surface area (Å²) in [4.78, 5) is 10.5. The van der Waals surface area contributed by atoms with E-state index in [-0.39, 0.29) is 27.0 Å². The zero-order valence-electron chi connectivity index (χ0n) is 8.70. The Labute approximate surface area is 108 Å². The van der Waals surface area contributed by atoms with Crippen molar-refractivity contribution in [1.82, 2.24) is 4.72 Å². The second-order valence-corrected chi connectivity index (χ2v) is 5.62. The van der Waals surface area contributed by atoms with E-state index in [1.807, 2.05) is 0 Å². The van der Waals surface area contributed by atoms with E-state index < -0.39 is 16.0 Å². The molecule has 1 aromatic carbocycles. The van der Waals surface area contributed by atoms with E-state index in [0.717, 1.165) is 12.1 Å². The number of hydrogen-bond acceptors (Lipinski definition) is 3. The number of sulfonamides is 1. The summed E-state index contributed by atoms with van der Waals surface area (Å²) in [6, 6.07) is 2.20. The standard InChI is InChI=1S/C9H9Cl2NO4S/c1-2-12-17(15,16)7-4-5(10)3-6(8(7)11)9(13)14/h3-4,12H,2H2,1H3,(H,13,14). The third-order valence-electron chi connectivity index (χ3n) is 1.86. The van der Waals surface area contributed by atoms with Crippen LogP contribution in [0.5, 0.6) is 0 Å². The van der Waals surface area contributed by atoms with Crippen LogP contribution in [0.15, 0.2) is 17.0 Å². The van der Waals surface area contributed by atoms with Crippen molar-refractivity contribution in [3.63, 3.8) is 0 Å². The lowest BCUT2D eigenvalue weighted by Gasteiger charge is -2.09. The van der Waals surface area contributed by atoms with Gasteiger partial charge in [-0.15, -0.1) is 0 Å². The van der Waals surface area contributed by atoms with E-state index in [1.165, 1.54) is 0 Å². The third-order valence-corrected chi connectivity index (χ3v) is 4.17. The fourth-order valence-electron chi connectivity index (χ4n) is 1.18. The number of carboxylic acids is 1. The van der Waals surface area contributed by atoms with Crippen molar-refractivity contribution in [2.24, 2.45) is 0 Å². The van der Waals surface area contributed by atoms with Gasteiger partial charge in [0, 0.05) is 11.6 Å². The van der Waals surface area contributed by atoms with Gasteiger partial charge in [-0.2, -0.15) is 0 Å². The van der Waals surface area contributed by atoms with Crippen molar-refractivity contribution in [2.45, 2.75) is 11.8 Å². The van der Waals surface area contributed by atoms with Gasteiger partial charge in [0.05, 0.1) is 10.6 Å². The van der Waals surface area contributed by atoms with Gasteiger partial charge in [-0.1, -0.05) is 30.1 Å². The van der Waals surface area contributed by atoms with Crippen LogP contribution in [0.3, 0.4) is 0 Å². The predicted octanol–water partition coefficient (Wildman–Crippen LogP) is 1.99. The van der Waals surface area contributed by atoms with Gasteiger partial charge in [0.25, 0.3) is 0 Å². The minimum atomic E-state index is -3.85. The average molecular weight is 298 g/mol. The first-order valence-electron chi connectivity index (χ1n) is 4.51. The summed E-state index contributed by atoms with van der Waals surface area (Å²) in [5.41, 5.74) is -0.351. The Balaban J connectivity index is 3.50. The van der Waals surface area contributed by atoms with Crippen LogP contribution in [0.4, 0.5) is 0 Å². The molecule has 0 atom stereocenters. The van der Waals surface area contributed by atoms with Gasteiger partial charge in [-0.05, 0) is 12.1 Å². The molecule has 0 saturated carbocycles. The van der Waals surface area contributed by atoms with Crippen LogP contribution < -0.4 is 4.72 Å². The van der Waals surface area contributed by atoms with Gasteiger partial charge in [0.15, 0.2) is 0 Å². The Hall–Kier alpha value is -0.820. The fourth-order valence-corrected chi connectivity index (χ4v) is 3.12. The van der Waals surface area contributed by atoms with Gasteiger partial charge < -0.3 is 5.11 Å². The number of benzene rings is 1. The van der Waals surface area contributed by atoms with Crippen molar-refractivity contribution in [3.05, 3.63) is 27.7 Å². The molecule has 2 N–H and O–H groups in total. The Bertz CT molecular complexity index is 556. The lowest BCUT2D eigenvalue weighted by molar-refractivity contribution is 0.0697. The molecule has 0 saturated heterocycles. The summed E-state index contributed by atoms with van der Waals surface area (Å²) in [7, 11) is -3.85. The molecule has 5 nitrogen and oxygen atoms in total. The topological polar surface area (TPSA) is 83.5 Å². The molecule has 94 valence electrons. The number of carboxylic acid groups (broad SMARTS) is 1. The van der Waals surface area contributed by atoms with E-state index in [9.17, 15) is 13.2 Å². The lowest BCUT2D eigenvalue weighted by atomic mass is 10.2. The quantitative estimate of drug-likeness (QED) is 0.890. The summed E-state index contributed by atoms with van der Waals surface area (Å²) in [6.45, 7) is 1.75. The van der Waals surface area contributed by atoms with E-state index in [1.54, 1.807) is 6.92 Å². The maximum absolute atomic E-state index is 11.7. The predicted molar refractivity (Wildman–Crippen MR) is 64.3 cm³/mol. The highest BCUT2D eigenvalue weighted by molar-refractivity contribution is 7.89. The van der Waals surface area contributed by atoms with E-state index in [4.69, 9.17) is 28.3 Å². The SMILES string of the molecule is CCNS(=O)(=O)c1cc(Cl)cc(C(=O)O)c1Cl. The molecule has 0 aliphatic carbocycles. The number of aromatic carboxylic acids is 1. The first-order valence-corrected chi connectivity index (χ1v) is 6.75. The molecule has 0 fully saturated rings. The highest BCUT2D eigenvalue weighted by Crippen LogP contribution is 2.29. The molecule has 8 heteroatoms. The summed E-state index contributed by atoms with van der Waals surface area (Å²) in [5, 5.41) is 8.48. The second-order valence-electron chi connectivity index (χ2n) is 3.07. The highest BCUT2D eigenvalue weighted by Gasteiger charge is 2.22. The normalized spacial score (nSPS) is 11.5. The van der Waals surface area contributed by atoms with Crippen LogP contribution in [0.1, 0.15) is 17.3 Å². The molecule has 0 bridgehead atoms. The molecule has 0 amide bonds. The maximum Gasteiger partial charge on any atom is 0.337 e. The maximum atomic E-state index is 11.7. The lowest BCUT2D eigenvalue weighted by Crippen LogP contribution is -2.24. The first-order chi connectivity index (χ1) is 7.79. The Morgan fingerprint density at radius 3 is 2.47 bits per heavy atom. The zero-order chi connectivity index (χ0) is 13.2. The molecular weight excluding hydrogens is 289 g/mol. The number of halogens is 2. The van der Waals surface area contributed by atoms with Crippen LogP contribution in [0, 0.1) is 0 Å². The largest absolute Gasteiger partial charge is 0.478 e. The van der Waals surface area contributed by atoms with Gasteiger partial charge in [0.2, 0.25) is 10.0 Å². The average Bonchev–Trinajstić information content (AvgIpc) is 2.20. The smallest absolute Gasteiger partial charge is 0.337 e. The Kier molecular flexibility index (Phi) is 4.37. The van der Waals surface area contributed by atoms with Crippen molar-refractivity contribution in [2.75, 3.05) is 6.54 Å². The summed E-state index contributed by atoms with van der Waals surface area (Å²) >= 11 is 11.4. The number of carbonyl (C=O) groups is 1. The van der Waals surface area contributed by atoms with Crippen molar-refractivity contribution in [1.29, 1.82) is 0 Å². The van der Waals surface area contributed by atoms with E-state index in [0.29, 0.717) is 0 Å². The van der Waals surface area contributed by atoms with Crippen molar-refractivity contribution >= 4 is 39.2 Å². The van der Waals surface area contributed by atoms with Gasteiger partial charge in [0.1, 0.15) is 4.90 Å². The molecule has 0 unspecified atom stereocenters. The van der Waals surface area contributed by atoms with E-state index in [2.05, 4.69) is 4.72 Å². The van der Waals surface area contributed by atoms with E-state index >= 15 is 0 Å². The molecule has 1 rings (SSSR count). The molecule has 0 aliphatic rings. The molecule has 1 aromatic rings. The fraction of sp³-hybridized carbons (Fsp3) is 0.222. The van der Waals surface area contributed by atoms with Gasteiger partial charge >= 0.3 is 5.97 Å². The first kappa shape index (κ1) is 14.2. The molecule has 0 aromatic heterocycles. The zero-order valence-corrected chi connectivity index (χ0v) is 11.0. The molecule has 17 heavy (non-hydrogen) atoms. The van der Waals surface area contributed by atoms with Gasteiger partial charge in [-0.3, -0.25) is 0 Å². The minimum Gasteiger partial charge on any atom is -0.478 e. The molecule has 0 aliphatic heterocycles. The molecular formula is C9H9Cl2NO4S. The Morgan fingerprint density at radius 2 is 2.00 bits per heavy atom. The Morgan fingerprint density at radius 1 is 1.41 bits per heavy atom. The second kappa shape index (κ2) is 5.22. The van der Waals surface area contributed by atoms with Crippen LogP contribution in [0.2, 0.25) is 10.0 Å². The van der Waals surface area contributed by atoms with Crippen LogP contribution in [-0.4, -0.2) is 26.0 Å². The van der Waals surface area contributed by atoms with Crippen LogP contribution >= 0.6 is 23.2 Å². The third kappa shape index (κ3) is 3.10. The minimum absolute atomic E-state index is 0.0109. The van der Waals surface area contributed by atoms with Crippen LogP contribution in [0.25, 0.3) is 0 Å². The summed E-state index contributed by atoms with van der Waals surface area (Å²) in [6.07, 6.45) is 0. The number of hydrogen-bond donors (Lipinski definition) is 2. The monoisotopic (exact) mass is 297 g/mol. The molecule has 0 spiro atoms. The number of nitrogens with one attached hydrogen (secondary N) is 1. The molecule has 0 heterocycles. The van der Waals surface area contributed by atoms with Crippen molar-refractivity contribution in [3.8, 4) is 0 Å². The van der Waals surface area contributed by atoms with Crippen LogP contribution in [-0.2, 0) is 10.0 Å². The van der Waals surface area contributed by atoms with Gasteiger partial charge in [-0.25, -0.2) is 17.9 Å². The highest BCUT2D eigenvalue weighted by atomic mass is 35.5. The van der Waals surface area contributed by atoms with Crippen molar-refractivity contribution < 1.29 is 18.3 Å². The molecule has 0 radical (unpaired) electrons. The summed E-state index contributed by atoms with van der Waals surface area (Å²) < 4.78 is 25.7. The summed E-state index contributed by atoms with van der Waals surface area (Å²) in [5.74, 6) is -1.34.